The van der Waals surface area contributed by atoms with Crippen molar-refractivity contribution in [1.29, 1.82) is 0 Å². The van der Waals surface area contributed by atoms with Crippen LogP contribution in [-0.2, 0) is 40.3 Å². The molecule has 0 radical (unpaired) electrons. The number of esters is 1. The van der Waals surface area contributed by atoms with Gasteiger partial charge >= 0.3 is 5.97 Å². The number of hydrogen-bond acceptors (Lipinski definition) is 10. The van der Waals surface area contributed by atoms with E-state index in [0.29, 0.717) is 15.1 Å². The molecule has 0 bridgehead atoms. The summed E-state index contributed by atoms with van der Waals surface area (Å²) in [6, 6.07) is 47.5. The third-order valence-corrected chi connectivity index (χ3v) is 13.7. The second-order valence-corrected chi connectivity index (χ2v) is 17.1. The van der Waals surface area contributed by atoms with Gasteiger partial charge in [-0.05, 0) is 33.4 Å². The molecule has 0 aliphatic carbocycles. The third kappa shape index (κ3) is 7.89. The molecule has 1 saturated heterocycles. The minimum absolute atomic E-state index is 0.0294. The molecule has 3 heterocycles. The summed E-state index contributed by atoms with van der Waals surface area (Å²) in [5.41, 5.74) is 4.11. The van der Waals surface area contributed by atoms with Gasteiger partial charge < -0.3 is 20.2 Å². The van der Waals surface area contributed by atoms with E-state index in [1.54, 1.807) is 5.38 Å². The summed E-state index contributed by atoms with van der Waals surface area (Å²) in [7, 11) is -0.337. The second kappa shape index (κ2) is 18.1. The summed E-state index contributed by atoms with van der Waals surface area (Å²) in [6.07, 6.45) is -0.760. The first-order valence-electron chi connectivity index (χ1n) is 19.0. The standard InChI is InChI=1S/C46H38IN5O6S2/c1-57-51-37(36-28-59-45(48-36)50-46(33-21-11-4-12-22-33,34-23-13-5-14-24-34)35-25-15-6-16-26-35)41(53)49-38-42(54)52-39(32(27-47)29-60(56)43(38)52)44(55)58-40(30-17-7-2-8-18-30)31-19-9-3-10-20-31/h2-26,28,38,40,43H,27,29H2,1H3,(H,48,50)(H,49,53)/t38?,43-,60?/m0/s1. The lowest BCUT2D eigenvalue weighted by atomic mass is 9.77. The molecule has 14 heteroatoms. The van der Waals surface area contributed by atoms with Gasteiger partial charge in [0.2, 0.25) is 0 Å². The van der Waals surface area contributed by atoms with Crippen LogP contribution in [0.1, 0.15) is 39.6 Å². The van der Waals surface area contributed by atoms with Crippen LogP contribution in [0.4, 0.5) is 5.13 Å². The highest BCUT2D eigenvalue weighted by molar-refractivity contribution is 14.1. The molecule has 2 aliphatic heterocycles. The van der Waals surface area contributed by atoms with Gasteiger partial charge in [0.15, 0.2) is 16.9 Å². The predicted octanol–water partition coefficient (Wildman–Crippen LogP) is 7.33. The molecule has 2 N–H and O–H groups in total. The first-order valence-corrected chi connectivity index (χ1v) is 22.7. The number of fused-ring (bicyclic) bond motifs is 1. The summed E-state index contributed by atoms with van der Waals surface area (Å²) in [4.78, 5) is 53.4. The molecule has 2 amide bonds. The molecule has 6 aromatic rings. The van der Waals surface area contributed by atoms with Gasteiger partial charge in [-0.3, -0.25) is 18.7 Å². The van der Waals surface area contributed by atoms with Crippen molar-refractivity contribution in [3.63, 3.8) is 0 Å². The quantitative estimate of drug-likeness (QED) is 0.0220. The summed E-state index contributed by atoms with van der Waals surface area (Å²) in [5.74, 6) is -2.05. The van der Waals surface area contributed by atoms with Gasteiger partial charge in [-0.2, -0.15) is 0 Å². The average molecular weight is 948 g/mol. The van der Waals surface area contributed by atoms with Crippen molar-refractivity contribution in [3.8, 4) is 0 Å². The summed E-state index contributed by atoms with van der Waals surface area (Å²) < 4.78 is 20.3. The van der Waals surface area contributed by atoms with Crippen molar-refractivity contribution in [2.24, 2.45) is 5.16 Å². The fraction of sp³-hybridized carbons (Fsp3) is 0.152. The van der Waals surface area contributed by atoms with E-state index in [2.05, 4.69) is 74.8 Å². The van der Waals surface area contributed by atoms with Crippen molar-refractivity contribution >= 4 is 73.4 Å². The van der Waals surface area contributed by atoms with Gasteiger partial charge in [0, 0.05) is 9.81 Å². The van der Waals surface area contributed by atoms with Crippen molar-refractivity contribution in [3.05, 3.63) is 202 Å². The number of carbonyl (C=O) groups excluding carboxylic acids is 3. The van der Waals surface area contributed by atoms with E-state index in [-0.39, 0.29) is 22.9 Å². The van der Waals surface area contributed by atoms with Gasteiger partial charge in [0.05, 0.1) is 16.6 Å². The van der Waals surface area contributed by atoms with Crippen LogP contribution in [0.2, 0.25) is 0 Å². The highest BCUT2D eigenvalue weighted by Gasteiger charge is 2.57. The number of hydrogen-bond donors (Lipinski definition) is 2. The Labute approximate surface area is 367 Å². The second-order valence-electron chi connectivity index (χ2n) is 13.9. The van der Waals surface area contributed by atoms with Crippen molar-refractivity contribution in [1.82, 2.24) is 15.2 Å². The number of oxime groups is 1. The Morgan fingerprint density at radius 3 is 1.83 bits per heavy atom. The number of benzene rings is 5. The number of nitrogens with one attached hydrogen (secondary N) is 2. The number of ether oxygens (including phenoxy) is 1. The van der Waals surface area contributed by atoms with E-state index in [9.17, 15) is 18.6 Å². The number of rotatable bonds is 14. The average Bonchev–Trinajstić information content (AvgIpc) is 3.77. The fourth-order valence-corrected chi connectivity index (χ4v) is 11.0. The number of nitrogens with zero attached hydrogens (tertiary/aromatic N) is 3. The summed E-state index contributed by atoms with van der Waals surface area (Å²) in [5, 5.41) is 11.6. The van der Waals surface area contributed by atoms with Crippen LogP contribution in [0, 0.1) is 0 Å². The molecule has 5 aromatic carbocycles. The largest absolute Gasteiger partial charge is 0.448 e. The Hall–Kier alpha value is -5.97. The van der Waals surface area contributed by atoms with Gasteiger partial charge in [0.25, 0.3) is 11.8 Å². The SMILES string of the molecule is CON=C(C(=O)NC1C(=O)N2C(C(=O)OC(c3ccccc3)c3ccccc3)=C(CI)CS(=O)[C@@H]12)c1csc(NC(c2ccccc2)(c2ccccc2)c2ccccc2)n1. The van der Waals surface area contributed by atoms with Crippen molar-refractivity contribution in [2.45, 2.75) is 23.1 Å². The predicted molar refractivity (Wildman–Crippen MR) is 241 cm³/mol. The Bertz CT molecular complexity index is 2440. The number of carbonyl (C=O) groups is 3. The zero-order valence-corrected chi connectivity index (χ0v) is 35.9. The molecular formula is C46H38IN5O6S2. The molecule has 0 saturated carbocycles. The van der Waals surface area contributed by atoms with Gasteiger partial charge in [-0.15, -0.1) is 11.3 Å². The van der Waals surface area contributed by atoms with E-state index in [1.807, 2.05) is 115 Å². The smallest absolute Gasteiger partial charge is 0.356 e. The lowest BCUT2D eigenvalue weighted by Crippen LogP contribution is -2.74. The molecule has 1 fully saturated rings. The maximum atomic E-state index is 14.1. The Morgan fingerprint density at radius 1 is 0.850 bits per heavy atom. The molecule has 2 unspecified atom stereocenters. The van der Waals surface area contributed by atoms with Crippen LogP contribution in [0.15, 0.2) is 173 Å². The highest BCUT2D eigenvalue weighted by Crippen LogP contribution is 2.41. The lowest BCUT2D eigenvalue weighted by molar-refractivity contribution is -0.154. The number of halogens is 1. The van der Waals surface area contributed by atoms with Crippen molar-refractivity contribution in [2.75, 3.05) is 22.6 Å². The number of thiazole rings is 1. The molecule has 302 valence electrons. The lowest BCUT2D eigenvalue weighted by Gasteiger charge is -2.49. The van der Waals surface area contributed by atoms with E-state index in [1.165, 1.54) is 23.3 Å². The summed E-state index contributed by atoms with van der Waals surface area (Å²) >= 11 is 3.37. The Morgan fingerprint density at radius 2 is 1.35 bits per heavy atom. The zero-order chi connectivity index (χ0) is 41.6. The maximum absolute atomic E-state index is 14.1. The summed E-state index contributed by atoms with van der Waals surface area (Å²) in [6.45, 7) is 0. The zero-order valence-electron chi connectivity index (χ0n) is 32.1. The van der Waals surface area contributed by atoms with E-state index in [4.69, 9.17) is 14.6 Å². The molecule has 0 spiro atoms. The van der Waals surface area contributed by atoms with Crippen LogP contribution < -0.4 is 10.6 Å². The molecule has 3 atom stereocenters. The molecule has 8 rings (SSSR count). The van der Waals surface area contributed by atoms with Gasteiger partial charge in [0.1, 0.15) is 35.5 Å². The van der Waals surface area contributed by atoms with E-state index < -0.39 is 51.6 Å². The fourth-order valence-electron chi connectivity index (χ4n) is 7.58. The van der Waals surface area contributed by atoms with Crippen LogP contribution in [-0.4, -0.2) is 66.3 Å². The number of alkyl halides is 1. The maximum Gasteiger partial charge on any atom is 0.356 e. The molecular weight excluding hydrogens is 910 g/mol. The van der Waals surface area contributed by atoms with Crippen LogP contribution in [0.25, 0.3) is 0 Å². The molecule has 2 aliphatic rings. The number of β-lactam (4-membered cyclic amide) rings is 1. The Kier molecular flexibility index (Phi) is 12.3. The van der Waals surface area contributed by atoms with Crippen LogP contribution in [0.3, 0.4) is 0 Å². The van der Waals surface area contributed by atoms with E-state index >= 15 is 0 Å². The van der Waals surface area contributed by atoms with Gasteiger partial charge in [-0.25, -0.2) is 9.78 Å². The topological polar surface area (TPSA) is 139 Å². The van der Waals surface area contributed by atoms with Crippen molar-refractivity contribution < 1.29 is 28.2 Å². The van der Waals surface area contributed by atoms with E-state index in [0.717, 1.165) is 27.8 Å². The van der Waals surface area contributed by atoms with Crippen LogP contribution >= 0.6 is 33.9 Å². The number of anilines is 1. The molecule has 60 heavy (non-hydrogen) atoms. The number of aromatic nitrogens is 1. The van der Waals surface area contributed by atoms with Crippen LogP contribution in [0.5, 0.6) is 0 Å². The molecule has 1 aromatic heterocycles. The first-order chi connectivity index (χ1) is 29.3. The van der Waals surface area contributed by atoms with Gasteiger partial charge in [-0.1, -0.05) is 179 Å². The normalized spacial score (nSPS) is 17.7. The molecule has 11 nitrogen and oxygen atoms in total. The minimum Gasteiger partial charge on any atom is -0.448 e. The first kappa shape index (κ1) is 40.8. The minimum atomic E-state index is -1.65. The monoisotopic (exact) mass is 947 g/mol. The highest BCUT2D eigenvalue weighted by atomic mass is 127. The Balaban J connectivity index is 1.05. The number of amides is 2. The third-order valence-electron chi connectivity index (χ3n) is 10.3.